The first kappa shape index (κ1) is 24.6. The summed E-state index contributed by atoms with van der Waals surface area (Å²) in [7, 11) is -2.31. The summed E-state index contributed by atoms with van der Waals surface area (Å²) in [6.07, 6.45) is 12.8. The summed E-state index contributed by atoms with van der Waals surface area (Å²) in [5.74, 6) is 0. The second kappa shape index (κ2) is 8.97. The van der Waals surface area contributed by atoms with E-state index in [4.69, 9.17) is 0 Å². The average Bonchev–Trinajstić information content (AvgIpc) is 2.95. The normalized spacial score (nSPS) is 16.8. The van der Waals surface area contributed by atoms with Crippen LogP contribution >= 0.6 is 0 Å². The molecule has 0 N–H and O–H groups in total. The van der Waals surface area contributed by atoms with E-state index in [1.165, 1.54) is 12.8 Å². The van der Waals surface area contributed by atoms with Gasteiger partial charge in [-0.15, -0.1) is 0 Å². The van der Waals surface area contributed by atoms with Gasteiger partial charge in [0.2, 0.25) is 0 Å². The Hall–Kier alpha value is 0.558. The first-order chi connectivity index (χ1) is 10.00. The molecular weight excluding hydrogens is 403 g/mol. The maximum Gasteiger partial charge on any atom is -1.00 e. The zero-order chi connectivity index (χ0) is 16.7. The van der Waals surface area contributed by atoms with Crippen LogP contribution in [0.4, 0.5) is 0 Å². The van der Waals surface area contributed by atoms with Gasteiger partial charge >= 0.3 is 146 Å². The van der Waals surface area contributed by atoms with Gasteiger partial charge in [0.15, 0.2) is 0 Å². The summed E-state index contributed by atoms with van der Waals surface area (Å²) in [6.45, 7) is 19.6. The number of halogens is 2. The minimum absolute atomic E-state index is 0. The average molecular weight is 435 g/mol. The molecule has 24 heavy (non-hydrogen) atoms. The molecule has 2 aliphatic carbocycles. The zero-order valence-corrected chi connectivity index (χ0v) is 21.6. The van der Waals surface area contributed by atoms with Crippen LogP contribution in [-0.2, 0) is 17.4 Å². The van der Waals surface area contributed by atoms with Gasteiger partial charge in [-0.25, -0.2) is 0 Å². The van der Waals surface area contributed by atoms with E-state index in [1.54, 1.807) is 22.0 Å². The van der Waals surface area contributed by atoms with Crippen molar-refractivity contribution in [3.63, 3.8) is 0 Å². The Morgan fingerprint density at radius 1 is 0.750 bits per heavy atom. The molecule has 134 valence electrons. The van der Waals surface area contributed by atoms with Crippen LogP contribution in [0.15, 0.2) is 42.5 Å². The van der Waals surface area contributed by atoms with Crippen molar-refractivity contribution in [3.05, 3.63) is 42.5 Å². The van der Waals surface area contributed by atoms with Crippen LogP contribution in [0, 0.1) is 0 Å². The molecule has 0 aromatic rings. The zero-order valence-electron chi connectivity index (χ0n) is 16.5. The van der Waals surface area contributed by atoms with Crippen molar-refractivity contribution in [2.45, 2.75) is 66.0 Å². The Balaban J connectivity index is 0.00000264. The molecule has 0 nitrogen and oxygen atoms in total. The molecule has 0 saturated carbocycles. The quantitative estimate of drug-likeness (QED) is 0.546. The van der Waals surface area contributed by atoms with Crippen LogP contribution in [-0.4, -0.2) is 20.0 Å². The summed E-state index contributed by atoms with van der Waals surface area (Å²) in [5, 5.41) is 3.37. The van der Waals surface area contributed by atoms with Gasteiger partial charge in [0.25, 0.3) is 0 Å². The van der Waals surface area contributed by atoms with Crippen LogP contribution in [0.25, 0.3) is 0 Å². The molecule has 0 radical (unpaired) electrons. The predicted octanol–water partition coefficient (Wildman–Crippen LogP) is 0.00760. The Labute approximate surface area is 169 Å². The van der Waals surface area contributed by atoms with Crippen LogP contribution < -0.4 is 24.8 Å². The van der Waals surface area contributed by atoms with Gasteiger partial charge in [-0.3, -0.25) is 0 Å². The van der Waals surface area contributed by atoms with Crippen molar-refractivity contribution in [2.24, 2.45) is 0 Å². The summed E-state index contributed by atoms with van der Waals surface area (Å²) >= 11 is -1.38. The van der Waals surface area contributed by atoms with Gasteiger partial charge in [-0.1, -0.05) is 0 Å². The van der Waals surface area contributed by atoms with Gasteiger partial charge in [0.05, 0.1) is 0 Å². The van der Waals surface area contributed by atoms with E-state index in [0.717, 1.165) is 0 Å². The largest absolute Gasteiger partial charge is 1.00 e. The van der Waals surface area contributed by atoms with Crippen LogP contribution in [0.1, 0.15) is 26.7 Å². The molecular formula is C19H32Cl2Si2Ti. The minimum atomic E-state index is -1.38. The number of hydrogen-bond acceptors (Lipinski definition) is 0. The minimum Gasteiger partial charge on any atom is -1.00 e. The van der Waals surface area contributed by atoms with E-state index in [9.17, 15) is 0 Å². The maximum atomic E-state index is 2.61. The molecule has 0 aromatic carbocycles. The molecule has 0 atom stereocenters. The van der Waals surface area contributed by atoms with Gasteiger partial charge in [-0.2, -0.15) is 0 Å². The van der Waals surface area contributed by atoms with Gasteiger partial charge in [0, 0.05) is 0 Å². The van der Waals surface area contributed by atoms with Gasteiger partial charge in [0.1, 0.15) is 0 Å². The van der Waals surface area contributed by atoms with Crippen molar-refractivity contribution in [3.8, 4) is 0 Å². The van der Waals surface area contributed by atoms with E-state index in [-0.39, 0.29) is 24.8 Å². The van der Waals surface area contributed by atoms with Crippen molar-refractivity contribution < 1.29 is 42.2 Å². The van der Waals surface area contributed by atoms with Crippen LogP contribution in [0.5, 0.6) is 0 Å². The second-order valence-electron chi connectivity index (χ2n) is 8.94. The Morgan fingerprint density at radius 2 is 1.08 bits per heavy atom. The molecule has 0 unspecified atom stereocenters. The molecule has 0 spiro atoms. The second-order valence-corrected chi connectivity index (χ2v) is 23.8. The molecule has 0 aromatic heterocycles. The summed E-state index contributed by atoms with van der Waals surface area (Å²) in [6, 6.07) is 0. The van der Waals surface area contributed by atoms with E-state index >= 15 is 0 Å². The van der Waals surface area contributed by atoms with Gasteiger partial charge in [-0.05, 0) is 0 Å². The van der Waals surface area contributed by atoms with Crippen LogP contribution in [0.3, 0.4) is 0 Å². The summed E-state index contributed by atoms with van der Waals surface area (Å²) in [4.78, 5) is 0. The maximum absolute atomic E-state index is 2.61. The molecule has 0 amide bonds. The van der Waals surface area contributed by atoms with Crippen molar-refractivity contribution >= 4 is 20.0 Å². The number of hydrogen-bond donors (Lipinski definition) is 0. The van der Waals surface area contributed by atoms with Crippen molar-refractivity contribution in [1.29, 1.82) is 0 Å². The number of allylic oxidation sites excluding steroid dienone is 8. The molecule has 0 heterocycles. The summed E-state index contributed by atoms with van der Waals surface area (Å²) < 4.78 is 5.32. The van der Waals surface area contributed by atoms with Gasteiger partial charge < -0.3 is 24.8 Å². The Kier molecular flexibility index (Phi) is 9.18. The standard InChI is InChI=1S/2C8H13Si.C3H6.2ClH.Ti/c2*1-9(2,3)8-6-4-5-7-8;1-3-2;;;/h2*6-7H,4H2,1-3H3;1-2H3;2*1H;/q;;;;;+2/p-2. The van der Waals surface area contributed by atoms with Crippen molar-refractivity contribution in [2.75, 3.05) is 0 Å². The molecule has 5 heteroatoms. The molecule has 2 aliphatic rings. The summed E-state index contributed by atoms with van der Waals surface area (Å²) in [5.41, 5.74) is 0. The van der Waals surface area contributed by atoms with E-state index in [0.29, 0.717) is 0 Å². The molecule has 0 fully saturated rings. The Bertz CT molecular complexity index is 585. The van der Waals surface area contributed by atoms with Crippen LogP contribution in [0.2, 0.25) is 39.3 Å². The molecule has 0 aliphatic heterocycles. The molecule has 2 rings (SSSR count). The molecule has 0 bridgehead atoms. The fraction of sp³-hybridized carbons (Fsp3) is 0.526. The predicted molar refractivity (Wildman–Crippen MR) is 105 cm³/mol. The fourth-order valence-electron chi connectivity index (χ4n) is 3.29. The monoisotopic (exact) mass is 434 g/mol. The van der Waals surface area contributed by atoms with E-state index < -0.39 is 33.6 Å². The SMILES string of the molecule is C[C](C)=[Ti+2]([C]1=CC([Si](C)(C)C)=CC1)[C]1=CC([Si](C)(C)C)=CC1.[Cl-].[Cl-]. The van der Waals surface area contributed by atoms with E-state index in [1.807, 2.05) is 0 Å². The Morgan fingerprint density at radius 3 is 1.29 bits per heavy atom. The third-order valence-corrected chi connectivity index (χ3v) is 13.4. The number of rotatable bonds is 4. The fourth-order valence-corrected chi connectivity index (χ4v) is 10.9. The third-order valence-electron chi connectivity index (χ3n) is 4.62. The first-order valence-electron chi connectivity index (χ1n) is 8.51. The molecule has 0 saturated heterocycles. The van der Waals surface area contributed by atoms with E-state index in [2.05, 4.69) is 77.4 Å². The smallest absolute Gasteiger partial charge is 1.00 e. The van der Waals surface area contributed by atoms with Crippen molar-refractivity contribution in [1.82, 2.24) is 0 Å². The topological polar surface area (TPSA) is 0 Å². The third kappa shape index (κ3) is 5.79. The first-order valence-corrected chi connectivity index (χ1v) is 17.8.